The minimum atomic E-state index is -4.64. The molecule has 0 fully saturated rings. The Morgan fingerprint density at radius 2 is 0.538 bits per heavy atom. The predicted octanol–water partition coefficient (Wildman–Crippen LogP) is -0.763. The summed E-state index contributed by atoms with van der Waals surface area (Å²) in [7, 11) is -4.64. The molecule has 0 saturated heterocycles. The summed E-state index contributed by atoms with van der Waals surface area (Å²) in [5.74, 6) is -4.68. The van der Waals surface area contributed by atoms with Crippen LogP contribution in [-0.2, 0) is 33.3 Å². The van der Waals surface area contributed by atoms with E-state index in [1.165, 1.54) is 34.6 Å². The van der Waals surface area contributed by atoms with Crippen LogP contribution in [-0.4, -0.2) is 154 Å². The zero-order chi connectivity index (χ0) is 43.6. The van der Waals surface area contributed by atoms with Crippen molar-refractivity contribution in [2.45, 2.75) is 34.6 Å². The van der Waals surface area contributed by atoms with E-state index in [4.69, 9.17) is 80.2 Å². The Labute approximate surface area is 300 Å². The van der Waals surface area contributed by atoms with Crippen molar-refractivity contribution in [3.8, 4) is 0 Å². The number of carbonyl (C=O) groups is 5. The summed E-state index contributed by atoms with van der Waals surface area (Å²) in [5.41, 5.74) is -1.44. The molecule has 21 nitrogen and oxygen atoms in total. The first-order valence-electron chi connectivity index (χ1n) is 13.7. The van der Waals surface area contributed by atoms with Crippen LogP contribution in [0, 0.1) is 10.8 Å². The van der Waals surface area contributed by atoms with E-state index in [9.17, 15) is 24.0 Å². The molecule has 0 atom stereocenters. The summed E-state index contributed by atoms with van der Waals surface area (Å²) in [6, 6.07) is 0. The molecule has 0 aliphatic rings. The predicted molar refractivity (Wildman–Crippen MR) is 185 cm³/mol. The molecule has 0 radical (unpaired) electrons. The van der Waals surface area contributed by atoms with Gasteiger partial charge in [0.1, 0.15) is 0 Å². The molecule has 14 N–H and O–H groups in total. The van der Waals surface area contributed by atoms with E-state index in [0.29, 0.717) is 0 Å². The van der Waals surface area contributed by atoms with Gasteiger partial charge in [-0.2, -0.15) is 0 Å². The third-order valence-electron chi connectivity index (χ3n) is 4.65. The Kier molecular flexibility index (Phi) is 42.7. The van der Waals surface area contributed by atoms with Crippen LogP contribution in [0.25, 0.3) is 0 Å². The lowest BCUT2D eigenvalue weighted by atomic mass is 9.91. The topological polar surface area (TPSA) is 395 Å². The Morgan fingerprint density at radius 3 is 0.596 bits per heavy atom. The zero-order valence-corrected chi connectivity index (χ0v) is 30.7. The molecule has 0 saturated carbocycles. The standard InChI is InChI=1S/C10H22O7.5C4H6O2.H3O4P/c11-1-9(2-12,3-13)7-17-8-10(4-14,5-15)6-16;5*1-3(2)4(5)6;1-5(2,3)4/h11-16H,1-8H2;5*1H2,2H3,(H,5,6);(H3,1,2,3,4). The number of aliphatic hydroxyl groups is 6. The minimum Gasteiger partial charge on any atom is -0.478 e. The van der Waals surface area contributed by atoms with Crippen LogP contribution >= 0.6 is 7.82 Å². The number of aliphatic carboxylic acids is 5. The van der Waals surface area contributed by atoms with Gasteiger partial charge in [0, 0.05) is 27.9 Å². The summed E-state index contributed by atoms with van der Waals surface area (Å²) < 4.78 is 14.0. The van der Waals surface area contributed by atoms with Crippen molar-refractivity contribution in [1.82, 2.24) is 0 Å². The van der Waals surface area contributed by atoms with Crippen molar-refractivity contribution in [2.24, 2.45) is 10.8 Å². The first-order chi connectivity index (χ1) is 23.3. The van der Waals surface area contributed by atoms with Crippen LogP contribution in [0.4, 0.5) is 0 Å². The van der Waals surface area contributed by atoms with Gasteiger partial charge in [0.2, 0.25) is 0 Å². The number of hydrogen-bond donors (Lipinski definition) is 14. The lowest BCUT2D eigenvalue weighted by molar-refractivity contribution is -0.133. The molecule has 0 aromatic heterocycles. The molecule has 0 bridgehead atoms. The molecule has 0 aromatic rings. The summed E-state index contributed by atoms with van der Waals surface area (Å²) in [6.07, 6.45) is 0. The maximum atomic E-state index is 9.60. The van der Waals surface area contributed by atoms with E-state index in [1.54, 1.807) is 0 Å². The molecule has 306 valence electrons. The normalized spacial score (nSPS) is 9.73. The molecular weight excluding hydrogens is 727 g/mol. The van der Waals surface area contributed by atoms with Gasteiger partial charge in [-0.3, -0.25) is 0 Å². The van der Waals surface area contributed by atoms with Gasteiger partial charge in [0.15, 0.2) is 0 Å². The summed E-state index contributed by atoms with van der Waals surface area (Å²) in [4.78, 5) is 69.6. The second kappa shape index (κ2) is 35.3. The fraction of sp³-hybridized carbons (Fsp3) is 0.500. The third kappa shape index (κ3) is 52.7. The molecule has 0 unspecified atom stereocenters. The molecule has 0 aromatic carbocycles. The van der Waals surface area contributed by atoms with E-state index in [0.717, 1.165) is 0 Å². The highest BCUT2D eigenvalue weighted by Crippen LogP contribution is 2.25. The molecule has 0 aliphatic carbocycles. The van der Waals surface area contributed by atoms with Crippen molar-refractivity contribution in [3.63, 3.8) is 0 Å². The van der Waals surface area contributed by atoms with Crippen LogP contribution in [0.5, 0.6) is 0 Å². The highest BCUT2D eigenvalue weighted by molar-refractivity contribution is 7.45. The lowest BCUT2D eigenvalue weighted by Crippen LogP contribution is -2.43. The van der Waals surface area contributed by atoms with Crippen LogP contribution < -0.4 is 0 Å². The SMILES string of the molecule is C=C(C)C(=O)O.C=C(C)C(=O)O.C=C(C)C(=O)O.C=C(C)C(=O)O.C=C(C)C(=O)O.O=P(O)(O)O.OCC(CO)(CO)COCC(CO)(CO)CO. The largest absolute Gasteiger partial charge is 0.478 e. The highest BCUT2D eigenvalue weighted by Gasteiger charge is 2.32. The fourth-order valence-corrected chi connectivity index (χ4v) is 1.06. The van der Waals surface area contributed by atoms with Gasteiger partial charge in [-0.25, -0.2) is 28.5 Å². The van der Waals surface area contributed by atoms with Gasteiger partial charge in [0.25, 0.3) is 0 Å². The van der Waals surface area contributed by atoms with E-state index in [1.807, 2.05) is 0 Å². The van der Waals surface area contributed by atoms with Gasteiger partial charge < -0.3 is 75.6 Å². The van der Waals surface area contributed by atoms with Crippen LogP contribution in [0.1, 0.15) is 34.6 Å². The van der Waals surface area contributed by atoms with Gasteiger partial charge in [-0.1, -0.05) is 32.9 Å². The third-order valence-corrected chi connectivity index (χ3v) is 4.65. The second-order valence-corrected chi connectivity index (χ2v) is 11.4. The summed E-state index contributed by atoms with van der Waals surface area (Å²) in [5, 5.41) is 93.6. The van der Waals surface area contributed by atoms with E-state index < -0.39 is 88.1 Å². The molecule has 0 heterocycles. The maximum Gasteiger partial charge on any atom is 0.466 e. The van der Waals surface area contributed by atoms with E-state index >= 15 is 0 Å². The fourth-order valence-electron chi connectivity index (χ4n) is 1.06. The number of carboxylic acids is 5. The van der Waals surface area contributed by atoms with Gasteiger partial charge in [0.05, 0.1) is 63.7 Å². The number of carboxylic acid groups (broad SMARTS) is 5. The van der Waals surface area contributed by atoms with Crippen molar-refractivity contribution >= 4 is 37.7 Å². The van der Waals surface area contributed by atoms with E-state index in [2.05, 4.69) is 32.9 Å². The second-order valence-electron chi connectivity index (χ2n) is 10.4. The van der Waals surface area contributed by atoms with Crippen LogP contribution in [0.15, 0.2) is 60.8 Å². The van der Waals surface area contributed by atoms with Gasteiger partial charge >= 0.3 is 37.7 Å². The van der Waals surface area contributed by atoms with Crippen LogP contribution in [0.2, 0.25) is 0 Å². The molecular formula is C30H55O21P. The molecule has 0 amide bonds. The summed E-state index contributed by atoms with van der Waals surface area (Å²) in [6.45, 7) is 20.0. The Balaban J connectivity index is -0.0000000977. The highest BCUT2D eigenvalue weighted by atomic mass is 31.2. The monoisotopic (exact) mass is 782 g/mol. The molecule has 0 rings (SSSR count). The van der Waals surface area contributed by atoms with Gasteiger partial charge in [-0.15, -0.1) is 0 Å². The first-order valence-corrected chi connectivity index (χ1v) is 15.3. The van der Waals surface area contributed by atoms with Crippen molar-refractivity contribution in [3.05, 3.63) is 60.8 Å². The first kappa shape index (κ1) is 63.0. The maximum absolute atomic E-state index is 9.60. The van der Waals surface area contributed by atoms with E-state index in [-0.39, 0.29) is 41.1 Å². The number of phosphoric acid groups is 1. The molecule has 0 spiro atoms. The number of hydrogen-bond acceptors (Lipinski definition) is 13. The Morgan fingerprint density at radius 1 is 0.442 bits per heavy atom. The quantitative estimate of drug-likeness (QED) is 0.0716. The smallest absolute Gasteiger partial charge is 0.466 e. The van der Waals surface area contributed by atoms with Gasteiger partial charge in [-0.05, 0) is 34.6 Å². The Hall–Kier alpha value is -4.12. The number of aliphatic hydroxyl groups excluding tert-OH is 6. The Bertz CT molecular complexity index is 933. The number of ether oxygens (including phenoxy) is 1. The van der Waals surface area contributed by atoms with Crippen molar-refractivity contribution in [2.75, 3.05) is 52.9 Å². The lowest BCUT2D eigenvalue weighted by Gasteiger charge is -2.31. The average molecular weight is 783 g/mol. The average Bonchev–Trinajstić information content (AvgIpc) is 3.02. The van der Waals surface area contributed by atoms with Crippen LogP contribution in [0.3, 0.4) is 0 Å². The zero-order valence-electron chi connectivity index (χ0n) is 29.8. The van der Waals surface area contributed by atoms with Crippen molar-refractivity contribution in [1.29, 1.82) is 0 Å². The molecule has 22 heteroatoms. The summed E-state index contributed by atoms with van der Waals surface area (Å²) >= 11 is 0. The molecule has 0 aliphatic heterocycles. The number of rotatable bonds is 15. The minimum absolute atomic E-state index is 0.141. The molecule has 52 heavy (non-hydrogen) atoms. The van der Waals surface area contributed by atoms with Crippen molar-refractivity contribution < 1.29 is 104 Å².